The van der Waals surface area contributed by atoms with Crippen LogP contribution in [0.25, 0.3) is 10.2 Å². The summed E-state index contributed by atoms with van der Waals surface area (Å²) in [4.78, 5) is 19.3. The molecule has 2 rings (SSSR count). The van der Waals surface area contributed by atoms with Gasteiger partial charge in [0.25, 0.3) is 5.56 Å². The van der Waals surface area contributed by atoms with E-state index in [9.17, 15) is 4.79 Å². The first kappa shape index (κ1) is 15.6. The zero-order valence-corrected chi connectivity index (χ0v) is 14.4. The molecule has 2 aromatic rings. The van der Waals surface area contributed by atoms with Gasteiger partial charge in [0.1, 0.15) is 4.83 Å². The van der Waals surface area contributed by atoms with E-state index in [0.717, 1.165) is 20.7 Å². The maximum absolute atomic E-state index is 12.7. The molecule has 0 amide bonds. The van der Waals surface area contributed by atoms with Gasteiger partial charge < -0.3 is 0 Å². The summed E-state index contributed by atoms with van der Waals surface area (Å²) in [6, 6.07) is 0.0603. The van der Waals surface area contributed by atoms with Gasteiger partial charge in [0, 0.05) is 21.7 Å². The van der Waals surface area contributed by atoms with Gasteiger partial charge in [-0.15, -0.1) is 11.3 Å². The van der Waals surface area contributed by atoms with Crippen molar-refractivity contribution >= 4 is 44.9 Å². The number of thioether (sulfide) groups is 1. The van der Waals surface area contributed by atoms with Crippen LogP contribution >= 0.6 is 34.7 Å². The van der Waals surface area contributed by atoms with Crippen LogP contribution in [0.2, 0.25) is 0 Å². The summed E-state index contributed by atoms with van der Waals surface area (Å²) in [6.07, 6.45) is 0. The number of thiophene rings is 1. The summed E-state index contributed by atoms with van der Waals surface area (Å²) in [5.41, 5.74) is 1.07. The van der Waals surface area contributed by atoms with Gasteiger partial charge in [-0.3, -0.25) is 9.36 Å². The summed E-state index contributed by atoms with van der Waals surface area (Å²) in [6.45, 7) is 11.7. The van der Waals surface area contributed by atoms with Crippen LogP contribution in [0.3, 0.4) is 0 Å². The van der Waals surface area contributed by atoms with Crippen molar-refractivity contribution in [3.8, 4) is 0 Å². The third-order valence-electron chi connectivity index (χ3n) is 3.08. The van der Waals surface area contributed by atoms with E-state index in [4.69, 9.17) is 11.6 Å². The summed E-state index contributed by atoms with van der Waals surface area (Å²) in [5, 5.41) is 2.01. The Morgan fingerprint density at radius 2 is 2.15 bits per heavy atom. The summed E-state index contributed by atoms with van der Waals surface area (Å²) in [5.74, 6) is 0.551. The minimum absolute atomic E-state index is 0.0366. The van der Waals surface area contributed by atoms with Gasteiger partial charge in [-0.05, 0) is 33.3 Å². The highest BCUT2D eigenvalue weighted by molar-refractivity contribution is 7.99. The van der Waals surface area contributed by atoms with E-state index >= 15 is 0 Å². The Morgan fingerprint density at radius 3 is 2.70 bits per heavy atom. The molecule has 0 bridgehead atoms. The SMILES string of the molecule is C=C(Cl)CSc1nc2sc(C)c(C)c2c(=O)n1C(C)C. The number of rotatable bonds is 4. The van der Waals surface area contributed by atoms with Gasteiger partial charge in [-0.1, -0.05) is 29.9 Å². The fraction of sp³-hybridized carbons (Fsp3) is 0.429. The molecular weight excluding hydrogens is 312 g/mol. The van der Waals surface area contributed by atoms with Crippen LogP contribution in [-0.2, 0) is 0 Å². The van der Waals surface area contributed by atoms with Crippen LogP contribution in [-0.4, -0.2) is 15.3 Å². The minimum atomic E-state index is 0.0366. The number of hydrogen-bond acceptors (Lipinski definition) is 4. The zero-order chi connectivity index (χ0) is 15.0. The fourth-order valence-corrected chi connectivity index (χ4v) is 4.10. The van der Waals surface area contributed by atoms with Crippen molar-refractivity contribution in [2.24, 2.45) is 0 Å². The number of fused-ring (bicyclic) bond motifs is 1. The summed E-state index contributed by atoms with van der Waals surface area (Å²) < 4.78 is 1.74. The Kier molecular flexibility index (Phi) is 4.62. The molecule has 0 unspecified atom stereocenters. The van der Waals surface area contributed by atoms with Gasteiger partial charge in [-0.25, -0.2) is 4.98 Å². The largest absolute Gasteiger partial charge is 0.284 e. The van der Waals surface area contributed by atoms with Crippen LogP contribution < -0.4 is 5.56 Å². The Balaban J connectivity index is 2.70. The lowest BCUT2D eigenvalue weighted by Gasteiger charge is -2.15. The van der Waals surface area contributed by atoms with Crippen molar-refractivity contribution in [1.29, 1.82) is 0 Å². The maximum Gasteiger partial charge on any atom is 0.263 e. The Hall–Kier alpha value is -0.780. The molecule has 0 fully saturated rings. The smallest absolute Gasteiger partial charge is 0.263 e. The lowest BCUT2D eigenvalue weighted by molar-refractivity contribution is 0.519. The second-order valence-electron chi connectivity index (χ2n) is 4.93. The molecule has 6 heteroatoms. The predicted molar refractivity (Wildman–Crippen MR) is 89.5 cm³/mol. The number of hydrogen-bond donors (Lipinski definition) is 0. The number of aromatic nitrogens is 2. The Labute approximate surface area is 131 Å². The van der Waals surface area contributed by atoms with Gasteiger partial charge >= 0.3 is 0 Å². The topological polar surface area (TPSA) is 34.9 Å². The van der Waals surface area contributed by atoms with E-state index in [1.165, 1.54) is 11.8 Å². The second kappa shape index (κ2) is 5.92. The van der Waals surface area contributed by atoms with Crippen molar-refractivity contribution in [1.82, 2.24) is 9.55 Å². The molecule has 108 valence electrons. The van der Waals surface area contributed by atoms with Crippen LogP contribution in [0.1, 0.15) is 30.3 Å². The average molecular weight is 329 g/mol. The Morgan fingerprint density at radius 1 is 1.50 bits per heavy atom. The van der Waals surface area contributed by atoms with E-state index in [0.29, 0.717) is 15.9 Å². The Bertz CT molecular complexity index is 731. The third kappa shape index (κ3) is 2.80. The summed E-state index contributed by atoms with van der Waals surface area (Å²) >= 11 is 8.84. The van der Waals surface area contributed by atoms with Crippen molar-refractivity contribution in [2.75, 3.05) is 5.75 Å². The summed E-state index contributed by atoms with van der Waals surface area (Å²) in [7, 11) is 0. The lowest BCUT2D eigenvalue weighted by atomic mass is 10.2. The molecule has 20 heavy (non-hydrogen) atoms. The van der Waals surface area contributed by atoms with Crippen LogP contribution in [0.4, 0.5) is 0 Å². The predicted octanol–water partition coefficient (Wildman–Crippen LogP) is 4.50. The fourth-order valence-electron chi connectivity index (χ4n) is 1.99. The molecule has 0 saturated carbocycles. The van der Waals surface area contributed by atoms with Gasteiger partial charge in [0.05, 0.1) is 5.39 Å². The average Bonchev–Trinajstić information content (AvgIpc) is 2.62. The minimum Gasteiger partial charge on any atom is -0.284 e. The van der Waals surface area contributed by atoms with E-state index in [-0.39, 0.29) is 11.6 Å². The van der Waals surface area contributed by atoms with Gasteiger partial charge in [-0.2, -0.15) is 0 Å². The quantitative estimate of drug-likeness (QED) is 0.612. The number of aryl methyl sites for hydroxylation is 2. The third-order valence-corrected chi connectivity index (χ3v) is 5.51. The zero-order valence-electron chi connectivity index (χ0n) is 12.0. The lowest BCUT2D eigenvalue weighted by Crippen LogP contribution is -2.25. The molecule has 2 aromatic heterocycles. The van der Waals surface area contributed by atoms with Crippen LogP contribution in [0, 0.1) is 13.8 Å². The molecule has 0 radical (unpaired) electrons. The van der Waals surface area contributed by atoms with Gasteiger partial charge in [0.2, 0.25) is 0 Å². The van der Waals surface area contributed by atoms with E-state index < -0.39 is 0 Å². The van der Waals surface area contributed by atoms with E-state index in [1.54, 1.807) is 15.9 Å². The van der Waals surface area contributed by atoms with Crippen LogP contribution in [0.5, 0.6) is 0 Å². The molecule has 0 aliphatic rings. The molecular formula is C14H17ClN2OS2. The molecule has 0 aromatic carbocycles. The molecule has 0 N–H and O–H groups in total. The maximum atomic E-state index is 12.7. The standard InChI is InChI=1S/C14H17ClN2OS2/c1-7(2)17-13(18)11-9(4)10(5)20-12(11)16-14(17)19-6-8(3)15/h7H,3,6H2,1-2,4-5H3. The van der Waals surface area contributed by atoms with E-state index in [2.05, 4.69) is 11.6 Å². The first-order valence-corrected chi connectivity index (χ1v) is 8.49. The second-order valence-corrected chi connectivity index (χ2v) is 7.61. The molecule has 0 atom stereocenters. The highest BCUT2D eigenvalue weighted by atomic mass is 35.5. The van der Waals surface area contributed by atoms with Crippen molar-refractivity contribution in [2.45, 2.75) is 38.9 Å². The molecule has 2 heterocycles. The highest BCUT2D eigenvalue weighted by Crippen LogP contribution is 2.30. The van der Waals surface area contributed by atoms with Crippen molar-refractivity contribution in [3.05, 3.63) is 32.4 Å². The molecule has 0 saturated heterocycles. The van der Waals surface area contributed by atoms with Gasteiger partial charge in [0.15, 0.2) is 5.16 Å². The van der Waals surface area contributed by atoms with Crippen molar-refractivity contribution < 1.29 is 0 Å². The van der Waals surface area contributed by atoms with E-state index in [1.807, 2.05) is 27.7 Å². The number of halogens is 1. The first-order chi connectivity index (χ1) is 9.32. The molecule has 0 aliphatic carbocycles. The highest BCUT2D eigenvalue weighted by Gasteiger charge is 2.18. The molecule has 0 spiro atoms. The first-order valence-electron chi connectivity index (χ1n) is 6.31. The van der Waals surface area contributed by atoms with Crippen LogP contribution in [0.15, 0.2) is 21.6 Å². The number of nitrogens with zero attached hydrogens (tertiary/aromatic N) is 2. The normalized spacial score (nSPS) is 11.5. The van der Waals surface area contributed by atoms with Crippen molar-refractivity contribution in [3.63, 3.8) is 0 Å². The molecule has 3 nitrogen and oxygen atoms in total. The molecule has 0 aliphatic heterocycles. The monoisotopic (exact) mass is 328 g/mol.